The molecular formula is C11H8OS. The van der Waals surface area contributed by atoms with Crippen molar-refractivity contribution in [2.45, 2.75) is 0 Å². The maximum Gasteiger partial charge on any atom is 0.0574 e. The predicted molar refractivity (Wildman–Crippen MR) is 55.4 cm³/mol. The smallest absolute Gasteiger partial charge is 0.0574 e. The predicted octanol–water partition coefficient (Wildman–Crippen LogP) is 2.19. The third-order valence-electron chi connectivity index (χ3n) is 2.49. The molecule has 0 amide bonds. The van der Waals surface area contributed by atoms with Crippen molar-refractivity contribution in [3.05, 3.63) is 46.4 Å². The van der Waals surface area contributed by atoms with E-state index in [9.17, 15) is 4.21 Å². The number of rotatable bonds is 0. The van der Waals surface area contributed by atoms with E-state index >= 15 is 0 Å². The van der Waals surface area contributed by atoms with Gasteiger partial charge in [0.25, 0.3) is 0 Å². The summed E-state index contributed by atoms with van der Waals surface area (Å²) in [6, 6.07) is 8.20. The molecular weight excluding hydrogens is 180 g/mol. The van der Waals surface area contributed by atoms with E-state index in [2.05, 4.69) is 18.2 Å². The third kappa shape index (κ3) is 0.893. The minimum Gasteiger partial charge on any atom is -0.254 e. The Balaban J connectivity index is 2.29. The van der Waals surface area contributed by atoms with Gasteiger partial charge >= 0.3 is 0 Å². The van der Waals surface area contributed by atoms with Crippen molar-refractivity contribution in [1.82, 2.24) is 0 Å². The molecule has 1 atom stereocenters. The summed E-state index contributed by atoms with van der Waals surface area (Å²) in [5.74, 6) is 0.690. The van der Waals surface area contributed by atoms with E-state index < -0.39 is 10.8 Å². The first kappa shape index (κ1) is 7.27. The maximum absolute atomic E-state index is 11.5. The van der Waals surface area contributed by atoms with Gasteiger partial charge in [-0.1, -0.05) is 30.3 Å². The first-order chi connectivity index (χ1) is 6.36. The molecule has 1 aliphatic carbocycles. The molecule has 0 radical (unpaired) electrons. The molecule has 2 heteroatoms. The molecule has 0 fully saturated rings. The van der Waals surface area contributed by atoms with E-state index in [1.165, 1.54) is 16.7 Å². The Kier molecular flexibility index (Phi) is 1.35. The summed E-state index contributed by atoms with van der Waals surface area (Å²) in [6.07, 6.45) is 4.12. The van der Waals surface area contributed by atoms with E-state index in [4.69, 9.17) is 0 Å². The SMILES string of the molecule is O=S1CC=C2C1=Cc1ccccc12. The molecule has 0 aromatic heterocycles. The fourth-order valence-electron chi connectivity index (χ4n) is 1.87. The molecule has 13 heavy (non-hydrogen) atoms. The first-order valence-electron chi connectivity index (χ1n) is 4.26. The third-order valence-corrected chi connectivity index (χ3v) is 3.78. The second-order valence-corrected chi connectivity index (χ2v) is 4.69. The molecule has 0 saturated heterocycles. The van der Waals surface area contributed by atoms with Crippen molar-refractivity contribution < 1.29 is 4.21 Å². The van der Waals surface area contributed by atoms with E-state index in [-0.39, 0.29) is 0 Å². The standard InChI is InChI=1S/C11H8OS/c12-13-6-5-10-9-4-2-1-3-8(9)7-11(10)13/h1-5,7H,6H2. The summed E-state index contributed by atoms with van der Waals surface area (Å²) in [5.41, 5.74) is 3.63. The highest BCUT2D eigenvalue weighted by molar-refractivity contribution is 7.90. The molecule has 0 N–H and O–H groups in total. The topological polar surface area (TPSA) is 17.1 Å². The molecule has 64 valence electrons. The molecule has 3 rings (SSSR count). The van der Waals surface area contributed by atoms with Crippen molar-refractivity contribution in [3.63, 3.8) is 0 Å². The van der Waals surface area contributed by atoms with Crippen LogP contribution in [0.15, 0.2) is 35.2 Å². The highest BCUT2D eigenvalue weighted by Crippen LogP contribution is 2.40. The van der Waals surface area contributed by atoms with Crippen LogP contribution in [-0.2, 0) is 10.8 Å². The fraction of sp³-hybridized carbons (Fsp3) is 0.0909. The Bertz CT molecular complexity index is 469. The Morgan fingerprint density at radius 3 is 3.00 bits per heavy atom. The maximum atomic E-state index is 11.5. The molecule has 2 aliphatic rings. The lowest BCUT2D eigenvalue weighted by atomic mass is 10.1. The lowest BCUT2D eigenvalue weighted by molar-refractivity contribution is 0.690. The van der Waals surface area contributed by atoms with Crippen molar-refractivity contribution in [1.29, 1.82) is 0 Å². The Morgan fingerprint density at radius 2 is 2.08 bits per heavy atom. The Labute approximate surface area is 79.2 Å². The fourth-order valence-corrected chi connectivity index (χ4v) is 3.06. The first-order valence-corrected chi connectivity index (χ1v) is 5.58. The van der Waals surface area contributed by atoms with Gasteiger partial charge in [0, 0.05) is 10.7 Å². The van der Waals surface area contributed by atoms with Crippen LogP contribution in [0.5, 0.6) is 0 Å². The summed E-state index contributed by atoms with van der Waals surface area (Å²) >= 11 is 0. The van der Waals surface area contributed by atoms with Crippen LogP contribution in [0.2, 0.25) is 0 Å². The van der Waals surface area contributed by atoms with E-state index in [0.717, 1.165) is 4.91 Å². The van der Waals surface area contributed by atoms with Gasteiger partial charge in [0.05, 0.1) is 10.8 Å². The second-order valence-electron chi connectivity index (χ2n) is 3.23. The molecule has 1 aromatic carbocycles. The summed E-state index contributed by atoms with van der Waals surface area (Å²) in [5, 5.41) is 0. The number of hydrogen-bond acceptors (Lipinski definition) is 1. The lowest BCUT2D eigenvalue weighted by Gasteiger charge is -1.97. The van der Waals surface area contributed by atoms with E-state index in [1.54, 1.807) is 0 Å². The van der Waals surface area contributed by atoms with Crippen molar-refractivity contribution in [2.24, 2.45) is 0 Å². The molecule has 1 nitrogen and oxygen atoms in total. The molecule has 0 spiro atoms. The number of allylic oxidation sites excluding steroid dienone is 1. The van der Waals surface area contributed by atoms with Crippen LogP contribution < -0.4 is 0 Å². The zero-order chi connectivity index (χ0) is 8.84. The van der Waals surface area contributed by atoms with Crippen molar-refractivity contribution >= 4 is 22.4 Å². The molecule has 1 heterocycles. The molecule has 1 aliphatic heterocycles. The average Bonchev–Trinajstić information content (AvgIpc) is 2.67. The van der Waals surface area contributed by atoms with Gasteiger partial charge in [0.2, 0.25) is 0 Å². The van der Waals surface area contributed by atoms with Crippen LogP contribution in [0, 0.1) is 0 Å². The summed E-state index contributed by atoms with van der Waals surface area (Å²) in [6.45, 7) is 0. The van der Waals surface area contributed by atoms with Gasteiger partial charge in [-0.05, 0) is 22.8 Å². The van der Waals surface area contributed by atoms with Gasteiger partial charge in [-0.2, -0.15) is 0 Å². The van der Waals surface area contributed by atoms with Crippen LogP contribution in [0.3, 0.4) is 0 Å². The van der Waals surface area contributed by atoms with E-state index in [1.807, 2.05) is 18.2 Å². The quantitative estimate of drug-likeness (QED) is 0.610. The Hall–Kier alpha value is -1.15. The Morgan fingerprint density at radius 1 is 1.23 bits per heavy atom. The van der Waals surface area contributed by atoms with Gasteiger partial charge in [-0.15, -0.1) is 0 Å². The van der Waals surface area contributed by atoms with E-state index in [0.29, 0.717) is 5.75 Å². The largest absolute Gasteiger partial charge is 0.254 e. The average molecular weight is 188 g/mol. The number of fused-ring (bicyclic) bond motifs is 3. The highest BCUT2D eigenvalue weighted by atomic mass is 32.2. The highest BCUT2D eigenvalue weighted by Gasteiger charge is 2.26. The van der Waals surface area contributed by atoms with Crippen LogP contribution in [0.4, 0.5) is 0 Å². The molecule has 1 aromatic rings. The summed E-state index contributed by atoms with van der Waals surface area (Å²) in [7, 11) is -0.786. The van der Waals surface area contributed by atoms with Crippen LogP contribution in [0.1, 0.15) is 11.1 Å². The van der Waals surface area contributed by atoms with Gasteiger partial charge in [0.1, 0.15) is 0 Å². The normalized spacial score (nSPS) is 23.5. The minimum atomic E-state index is -0.786. The lowest BCUT2D eigenvalue weighted by Crippen LogP contribution is -1.86. The van der Waals surface area contributed by atoms with Crippen molar-refractivity contribution in [3.8, 4) is 0 Å². The van der Waals surface area contributed by atoms with Gasteiger partial charge < -0.3 is 0 Å². The van der Waals surface area contributed by atoms with Gasteiger partial charge in [-0.3, -0.25) is 4.21 Å². The monoisotopic (exact) mass is 188 g/mol. The van der Waals surface area contributed by atoms with Gasteiger partial charge in [0.15, 0.2) is 0 Å². The van der Waals surface area contributed by atoms with Gasteiger partial charge in [-0.25, -0.2) is 0 Å². The molecule has 0 saturated carbocycles. The van der Waals surface area contributed by atoms with Crippen LogP contribution in [0.25, 0.3) is 11.6 Å². The zero-order valence-corrected chi connectivity index (χ0v) is 7.80. The van der Waals surface area contributed by atoms with Crippen LogP contribution >= 0.6 is 0 Å². The number of hydrogen-bond donors (Lipinski definition) is 0. The second kappa shape index (κ2) is 2.42. The summed E-state index contributed by atoms with van der Waals surface area (Å²) < 4.78 is 11.5. The van der Waals surface area contributed by atoms with Crippen LogP contribution in [-0.4, -0.2) is 9.96 Å². The zero-order valence-electron chi connectivity index (χ0n) is 6.99. The molecule has 0 bridgehead atoms. The molecule has 1 unspecified atom stereocenters. The number of benzene rings is 1. The summed E-state index contributed by atoms with van der Waals surface area (Å²) in [4.78, 5) is 1.02. The minimum absolute atomic E-state index is 0.690. The van der Waals surface area contributed by atoms with Crippen molar-refractivity contribution in [2.75, 3.05) is 5.75 Å².